The highest BCUT2D eigenvalue weighted by Gasteiger charge is 2.33. The molecule has 1 atom stereocenters. The average Bonchev–Trinajstić information content (AvgIpc) is 3.18. The topological polar surface area (TPSA) is 85.7 Å². The van der Waals surface area contributed by atoms with Crippen molar-refractivity contribution in [2.75, 3.05) is 18.0 Å². The van der Waals surface area contributed by atoms with Crippen LogP contribution in [0.15, 0.2) is 30.7 Å². The zero-order valence-electron chi connectivity index (χ0n) is 13.1. The van der Waals surface area contributed by atoms with E-state index < -0.39 is 6.09 Å². The molecule has 24 heavy (non-hydrogen) atoms. The highest BCUT2D eigenvalue weighted by molar-refractivity contribution is 5.90. The highest BCUT2D eigenvalue weighted by atomic mass is 16.6. The van der Waals surface area contributed by atoms with Crippen molar-refractivity contribution in [1.29, 1.82) is 0 Å². The minimum absolute atomic E-state index is 0.150. The number of benzene rings is 1. The fourth-order valence-corrected chi connectivity index (χ4v) is 2.88. The number of rotatable bonds is 3. The second-order valence-electron chi connectivity index (χ2n) is 5.75. The maximum absolute atomic E-state index is 12.1. The van der Waals surface area contributed by atoms with E-state index >= 15 is 0 Å². The van der Waals surface area contributed by atoms with E-state index in [-0.39, 0.29) is 12.0 Å². The predicted octanol–water partition coefficient (Wildman–Crippen LogP) is 1.23. The summed E-state index contributed by atoms with van der Waals surface area (Å²) >= 11 is 0. The summed E-state index contributed by atoms with van der Waals surface area (Å²) in [6.07, 6.45) is 2.72. The van der Waals surface area contributed by atoms with E-state index in [2.05, 4.69) is 10.3 Å². The first-order valence-corrected chi connectivity index (χ1v) is 7.63. The summed E-state index contributed by atoms with van der Waals surface area (Å²) in [7, 11) is 0. The van der Waals surface area contributed by atoms with Crippen LogP contribution in [0.5, 0.6) is 5.75 Å². The van der Waals surface area contributed by atoms with Gasteiger partial charge in [-0.2, -0.15) is 0 Å². The third-order valence-corrected chi connectivity index (χ3v) is 4.06. The normalized spacial score (nSPS) is 18.5. The fourth-order valence-electron chi connectivity index (χ4n) is 2.88. The molecule has 1 aromatic carbocycles. The molecular formula is C16H16N4O4. The molecule has 0 saturated carbocycles. The van der Waals surface area contributed by atoms with Gasteiger partial charge >= 0.3 is 6.09 Å². The van der Waals surface area contributed by atoms with Gasteiger partial charge in [0.05, 0.1) is 42.7 Å². The average molecular weight is 328 g/mol. The van der Waals surface area contributed by atoms with Gasteiger partial charge in [-0.05, 0) is 12.1 Å². The molecule has 8 heteroatoms. The standard InChI is InChI=1S/C16H16N4O4/c1-10(21)18-6-13-7-19(16(22)24-13)11-2-3-14-15(4-11)23-8-12-5-17-9-20(12)14/h2-5,9,13H,6-8H2,1H3,(H,18,21)/t13-/m0/s1. The van der Waals surface area contributed by atoms with E-state index in [0.717, 1.165) is 11.4 Å². The zero-order valence-corrected chi connectivity index (χ0v) is 13.1. The number of fused-ring (bicyclic) bond motifs is 3. The molecule has 0 radical (unpaired) electrons. The summed E-state index contributed by atoms with van der Waals surface area (Å²) in [5.74, 6) is 0.541. The Bertz CT molecular complexity index is 816. The van der Waals surface area contributed by atoms with Crippen molar-refractivity contribution in [3.8, 4) is 11.4 Å². The van der Waals surface area contributed by atoms with Gasteiger partial charge in [0, 0.05) is 13.0 Å². The molecule has 4 rings (SSSR count). The molecule has 0 aliphatic carbocycles. The number of amides is 2. The van der Waals surface area contributed by atoms with Crippen LogP contribution in [0.25, 0.3) is 5.69 Å². The fraction of sp³-hybridized carbons (Fsp3) is 0.312. The molecule has 2 aliphatic rings. The number of hydrogen-bond acceptors (Lipinski definition) is 5. The van der Waals surface area contributed by atoms with Crippen molar-refractivity contribution >= 4 is 17.7 Å². The molecule has 1 fully saturated rings. The van der Waals surface area contributed by atoms with Crippen molar-refractivity contribution in [1.82, 2.24) is 14.9 Å². The van der Waals surface area contributed by atoms with Gasteiger partial charge in [-0.3, -0.25) is 14.3 Å². The second kappa shape index (κ2) is 5.55. The largest absolute Gasteiger partial charge is 0.485 e. The molecule has 3 heterocycles. The molecular weight excluding hydrogens is 312 g/mol. The number of nitrogens with one attached hydrogen (secondary N) is 1. The second-order valence-corrected chi connectivity index (χ2v) is 5.75. The Kier molecular flexibility index (Phi) is 3.37. The summed E-state index contributed by atoms with van der Waals surface area (Å²) in [6.45, 7) is 2.55. The van der Waals surface area contributed by atoms with Gasteiger partial charge in [0.2, 0.25) is 5.91 Å². The number of imidazole rings is 1. The summed E-state index contributed by atoms with van der Waals surface area (Å²) in [4.78, 5) is 28.7. The molecule has 0 bridgehead atoms. The van der Waals surface area contributed by atoms with Crippen molar-refractivity contribution in [2.45, 2.75) is 19.6 Å². The van der Waals surface area contributed by atoms with Crippen LogP contribution in [0.1, 0.15) is 12.6 Å². The van der Waals surface area contributed by atoms with Crippen molar-refractivity contribution in [3.63, 3.8) is 0 Å². The third kappa shape index (κ3) is 2.45. The Hall–Kier alpha value is -3.03. The van der Waals surface area contributed by atoms with Gasteiger partial charge in [-0.1, -0.05) is 0 Å². The van der Waals surface area contributed by atoms with Crippen LogP contribution >= 0.6 is 0 Å². The monoisotopic (exact) mass is 328 g/mol. The molecule has 2 amide bonds. The van der Waals surface area contributed by atoms with E-state index in [0.29, 0.717) is 31.1 Å². The number of cyclic esters (lactones) is 1. The molecule has 0 spiro atoms. The molecule has 1 N–H and O–H groups in total. The number of carbonyl (C=O) groups excluding carboxylic acids is 2. The lowest BCUT2D eigenvalue weighted by Gasteiger charge is -2.22. The summed E-state index contributed by atoms with van der Waals surface area (Å²) in [6, 6.07) is 5.56. The van der Waals surface area contributed by atoms with Crippen LogP contribution in [0, 0.1) is 0 Å². The van der Waals surface area contributed by atoms with E-state index in [4.69, 9.17) is 9.47 Å². The van der Waals surface area contributed by atoms with E-state index in [1.807, 2.05) is 22.8 Å². The van der Waals surface area contributed by atoms with Crippen LogP contribution < -0.4 is 15.0 Å². The molecule has 1 saturated heterocycles. The van der Waals surface area contributed by atoms with Gasteiger partial charge in [-0.25, -0.2) is 9.78 Å². The summed E-state index contributed by atoms with van der Waals surface area (Å²) < 4.78 is 13.0. The highest BCUT2D eigenvalue weighted by Crippen LogP contribution is 2.34. The molecule has 124 valence electrons. The number of carbonyl (C=O) groups is 2. The molecule has 2 aliphatic heterocycles. The lowest BCUT2D eigenvalue weighted by molar-refractivity contribution is -0.119. The van der Waals surface area contributed by atoms with Crippen LogP contribution in [-0.2, 0) is 16.1 Å². The predicted molar refractivity (Wildman–Crippen MR) is 84.2 cm³/mol. The van der Waals surface area contributed by atoms with E-state index in [1.54, 1.807) is 17.4 Å². The van der Waals surface area contributed by atoms with Gasteiger partial charge in [0.25, 0.3) is 0 Å². The van der Waals surface area contributed by atoms with Crippen LogP contribution in [-0.4, -0.2) is 40.7 Å². The van der Waals surface area contributed by atoms with Crippen molar-refractivity contribution in [2.24, 2.45) is 0 Å². The summed E-state index contributed by atoms with van der Waals surface area (Å²) in [5.41, 5.74) is 2.57. The quantitative estimate of drug-likeness (QED) is 0.916. The summed E-state index contributed by atoms with van der Waals surface area (Å²) in [5, 5.41) is 2.66. The molecule has 1 aromatic heterocycles. The van der Waals surface area contributed by atoms with Crippen LogP contribution in [0.3, 0.4) is 0 Å². The smallest absolute Gasteiger partial charge is 0.414 e. The molecule has 8 nitrogen and oxygen atoms in total. The Morgan fingerprint density at radius 3 is 3.17 bits per heavy atom. The van der Waals surface area contributed by atoms with Gasteiger partial charge in [0.1, 0.15) is 18.5 Å². The number of aromatic nitrogens is 2. The molecule has 2 aromatic rings. The first-order chi connectivity index (χ1) is 11.6. The van der Waals surface area contributed by atoms with Crippen LogP contribution in [0.2, 0.25) is 0 Å². The van der Waals surface area contributed by atoms with Gasteiger partial charge < -0.3 is 14.8 Å². The van der Waals surface area contributed by atoms with Gasteiger partial charge in [-0.15, -0.1) is 0 Å². The zero-order chi connectivity index (χ0) is 16.7. The number of anilines is 1. The van der Waals surface area contributed by atoms with Crippen LogP contribution in [0.4, 0.5) is 10.5 Å². The maximum Gasteiger partial charge on any atom is 0.414 e. The SMILES string of the molecule is CC(=O)NC[C@H]1CN(c2ccc3c(c2)OCc2cncn2-3)C(=O)O1. The number of hydrogen-bond donors (Lipinski definition) is 1. The molecule has 0 unspecified atom stereocenters. The first kappa shape index (κ1) is 14.6. The number of ether oxygens (including phenoxy) is 2. The maximum atomic E-state index is 12.1. The van der Waals surface area contributed by atoms with E-state index in [9.17, 15) is 9.59 Å². The van der Waals surface area contributed by atoms with Crippen molar-refractivity contribution in [3.05, 3.63) is 36.4 Å². The number of nitrogens with zero attached hydrogens (tertiary/aromatic N) is 3. The lowest BCUT2D eigenvalue weighted by atomic mass is 10.2. The Labute approximate surface area is 138 Å². The lowest BCUT2D eigenvalue weighted by Crippen LogP contribution is -2.33. The van der Waals surface area contributed by atoms with Crippen molar-refractivity contribution < 1.29 is 19.1 Å². The third-order valence-electron chi connectivity index (χ3n) is 4.06. The Morgan fingerprint density at radius 2 is 2.33 bits per heavy atom. The Morgan fingerprint density at radius 1 is 1.46 bits per heavy atom. The Balaban J connectivity index is 1.56. The van der Waals surface area contributed by atoms with Gasteiger partial charge in [0.15, 0.2) is 0 Å². The minimum atomic E-state index is -0.426. The first-order valence-electron chi connectivity index (χ1n) is 7.63. The minimum Gasteiger partial charge on any atom is -0.485 e. The van der Waals surface area contributed by atoms with E-state index in [1.165, 1.54) is 6.92 Å².